The second kappa shape index (κ2) is 4.68. The molecule has 4 nitrogen and oxygen atoms in total. The molecule has 0 aromatic carbocycles. The minimum Gasteiger partial charge on any atom is -0.481 e. The van der Waals surface area contributed by atoms with Crippen LogP contribution in [-0.4, -0.2) is 39.7 Å². The van der Waals surface area contributed by atoms with Gasteiger partial charge in [-0.3, -0.25) is 9.59 Å². The van der Waals surface area contributed by atoms with Crippen molar-refractivity contribution in [2.45, 2.75) is 37.5 Å². The second-order valence-corrected chi connectivity index (χ2v) is 4.29. The molecule has 2 unspecified atom stereocenters. The van der Waals surface area contributed by atoms with E-state index in [2.05, 4.69) is 12.6 Å². The average Bonchev–Trinajstić information content (AvgIpc) is 2.41. The van der Waals surface area contributed by atoms with E-state index in [-0.39, 0.29) is 23.6 Å². The van der Waals surface area contributed by atoms with Crippen molar-refractivity contribution in [3.8, 4) is 0 Å². The van der Waals surface area contributed by atoms with Crippen LogP contribution in [-0.2, 0) is 9.59 Å². The summed E-state index contributed by atoms with van der Waals surface area (Å²) in [5.74, 6) is -0.828. The topological polar surface area (TPSA) is 57.6 Å². The molecule has 0 spiro atoms. The summed E-state index contributed by atoms with van der Waals surface area (Å²) in [6.07, 6.45) is 1.14. The van der Waals surface area contributed by atoms with E-state index in [4.69, 9.17) is 5.11 Å². The molecule has 5 heteroatoms. The van der Waals surface area contributed by atoms with E-state index >= 15 is 0 Å². The molecule has 1 saturated heterocycles. The zero-order valence-electron chi connectivity index (χ0n) is 8.14. The van der Waals surface area contributed by atoms with Crippen molar-refractivity contribution in [2.75, 3.05) is 6.54 Å². The molecule has 0 aromatic heterocycles. The number of rotatable bonds is 4. The number of nitrogens with zero attached hydrogens (tertiary/aromatic N) is 1. The van der Waals surface area contributed by atoms with Crippen LogP contribution in [0.1, 0.15) is 26.2 Å². The van der Waals surface area contributed by atoms with Crippen LogP contribution in [0.3, 0.4) is 0 Å². The minimum atomic E-state index is -0.854. The number of likely N-dealkylation sites (tertiary alicyclic amines) is 1. The van der Waals surface area contributed by atoms with Crippen molar-refractivity contribution < 1.29 is 14.7 Å². The van der Waals surface area contributed by atoms with Crippen molar-refractivity contribution >= 4 is 24.5 Å². The first kappa shape index (κ1) is 11.4. The fourth-order valence-electron chi connectivity index (χ4n) is 1.74. The predicted octanol–water partition coefficient (Wildman–Crippen LogP) is 0.770. The van der Waals surface area contributed by atoms with Crippen LogP contribution in [0.15, 0.2) is 0 Å². The standard InChI is InChI=1S/C9H15NO3S/c1-2-6(3-9(12)13)10-5-7(14)4-8(10)11/h6-7,14H,2-5H2,1H3,(H,12,13). The van der Waals surface area contributed by atoms with Crippen LogP contribution in [0.25, 0.3) is 0 Å². The molecule has 1 N–H and O–H groups in total. The van der Waals surface area contributed by atoms with Crippen molar-refractivity contribution in [3.05, 3.63) is 0 Å². The number of amides is 1. The first-order valence-corrected chi connectivity index (χ1v) is 5.25. The highest BCUT2D eigenvalue weighted by Gasteiger charge is 2.32. The minimum absolute atomic E-state index is 0.0260. The normalized spacial score (nSPS) is 24.0. The Morgan fingerprint density at radius 1 is 1.79 bits per heavy atom. The average molecular weight is 217 g/mol. The van der Waals surface area contributed by atoms with E-state index in [1.165, 1.54) is 0 Å². The van der Waals surface area contributed by atoms with Gasteiger partial charge in [-0.05, 0) is 6.42 Å². The summed E-state index contributed by atoms with van der Waals surface area (Å²) in [6.45, 7) is 2.47. The third-order valence-electron chi connectivity index (χ3n) is 2.46. The lowest BCUT2D eigenvalue weighted by atomic mass is 10.1. The van der Waals surface area contributed by atoms with E-state index in [1.54, 1.807) is 4.90 Å². The summed E-state index contributed by atoms with van der Waals surface area (Å²) < 4.78 is 0. The molecular weight excluding hydrogens is 202 g/mol. The van der Waals surface area contributed by atoms with Gasteiger partial charge in [-0.1, -0.05) is 6.92 Å². The largest absolute Gasteiger partial charge is 0.481 e. The van der Waals surface area contributed by atoms with Gasteiger partial charge in [0, 0.05) is 24.3 Å². The summed E-state index contributed by atoms with van der Waals surface area (Å²) in [5, 5.41) is 8.73. The maximum atomic E-state index is 11.5. The third kappa shape index (κ3) is 2.64. The quantitative estimate of drug-likeness (QED) is 0.684. The van der Waals surface area contributed by atoms with Crippen LogP contribution >= 0.6 is 12.6 Å². The summed E-state index contributed by atoms with van der Waals surface area (Å²) in [5.41, 5.74) is 0. The number of hydrogen-bond acceptors (Lipinski definition) is 3. The molecule has 1 rings (SSSR count). The fraction of sp³-hybridized carbons (Fsp3) is 0.778. The maximum absolute atomic E-state index is 11.5. The Hall–Kier alpha value is -0.710. The second-order valence-electron chi connectivity index (χ2n) is 3.56. The summed E-state index contributed by atoms with van der Waals surface area (Å²) >= 11 is 4.23. The summed E-state index contributed by atoms with van der Waals surface area (Å²) in [6, 6.07) is -0.169. The Bertz CT molecular complexity index is 244. The molecular formula is C9H15NO3S. The van der Waals surface area contributed by atoms with Gasteiger partial charge in [-0.15, -0.1) is 0 Å². The van der Waals surface area contributed by atoms with Gasteiger partial charge in [0.15, 0.2) is 0 Å². The Labute approximate surface area is 88.7 Å². The van der Waals surface area contributed by atoms with Crippen molar-refractivity contribution in [1.82, 2.24) is 4.90 Å². The summed E-state index contributed by atoms with van der Waals surface area (Å²) in [4.78, 5) is 23.7. The molecule has 1 fully saturated rings. The van der Waals surface area contributed by atoms with Crippen LogP contribution in [0.5, 0.6) is 0 Å². The van der Waals surface area contributed by atoms with Gasteiger partial charge in [0.05, 0.1) is 6.42 Å². The highest BCUT2D eigenvalue weighted by Crippen LogP contribution is 2.21. The summed E-state index contributed by atoms with van der Waals surface area (Å²) in [7, 11) is 0. The van der Waals surface area contributed by atoms with Crippen LogP contribution < -0.4 is 0 Å². The highest BCUT2D eigenvalue weighted by atomic mass is 32.1. The molecule has 0 aliphatic carbocycles. The zero-order chi connectivity index (χ0) is 10.7. The lowest BCUT2D eigenvalue weighted by molar-refractivity contribution is -0.139. The number of aliphatic carboxylic acids is 1. The van der Waals surface area contributed by atoms with Gasteiger partial charge in [-0.25, -0.2) is 0 Å². The number of thiol groups is 1. The van der Waals surface area contributed by atoms with Crippen LogP contribution in [0.2, 0.25) is 0 Å². The molecule has 1 aliphatic rings. The van der Waals surface area contributed by atoms with Crippen LogP contribution in [0, 0.1) is 0 Å². The lowest BCUT2D eigenvalue weighted by Crippen LogP contribution is -2.37. The smallest absolute Gasteiger partial charge is 0.305 e. The molecule has 80 valence electrons. The van der Waals surface area contributed by atoms with E-state index in [1.807, 2.05) is 6.92 Å². The molecule has 1 heterocycles. The maximum Gasteiger partial charge on any atom is 0.305 e. The fourth-order valence-corrected chi connectivity index (χ4v) is 2.07. The molecule has 2 atom stereocenters. The Balaban J connectivity index is 2.60. The number of carboxylic acid groups (broad SMARTS) is 1. The van der Waals surface area contributed by atoms with Gasteiger partial charge < -0.3 is 10.0 Å². The van der Waals surface area contributed by atoms with Gasteiger partial charge in [-0.2, -0.15) is 12.6 Å². The SMILES string of the molecule is CCC(CC(=O)O)N1CC(S)CC1=O. The monoisotopic (exact) mass is 217 g/mol. The third-order valence-corrected chi connectivity index (χ3v) is 2.81. The highest BCUT2D eigenvalue weighted by molar-refractivity contribution is 7.81. The zero-order valence-corrected chi connectivity index (χ0v) is 9.04. The number of carboxylic acids is 1. The Kier molecular flexibility index (Phi) is 3.80. The van der Waals surface area contributed by atoms with Crippen molar-refractivity contribution in [1.29, 1.82) is 0 Å². The molecule has 0 bridgehead atoms. The number of carbonyl (C=O) groups is 2. The molecule has 1 aliphatic heterocycles. The first-order chi connectivity index (χ1) is 6.54. The van der Waals surface area contributed by atoms with Gasteiger partial charge in [0.2, 0.25) is 5.91 Å². The molecule has 0 aromatic rings. The number of carbonyl (C=O) groups excluding carboxylic acids is 1. The van der Waals surface area contributed by atoms with Crippen molar-refractivity contribution in [3.63, 3.8) is 0 Å². The van der Waals surface area contributed by atoms with Gasteiger partial charge >= 0.3 is 5.97 Å². The van der Waals surface area contributed by atoms with E-state index in [9.17, 15) is 9.59 Å². The Morgan fingerprint density at radius 3 is 2.79 bits per heavy atom. The van der Waals surface area contributed by atoms with E-state index < -0.39 is 5.97 Å². The lowest BCUT2D eigenvalue weighted by Gasteiger charge is -2.25. The van der Waals surface area contributed by atoms with Crippen molar-refractivity contribution in [2.24, 2.45) is 0 Å². The molecule has 14 heavy (non-hydrogen) atoms. The van der Waals surface area contributed by atoms with Gasteiger partial charge in [0.1, 0.15) is 0 Å². The number of hydrogen-bond donors (Lipinski definition) is 2. The van der Waals surface area contributed by atoms with E-state index in [0.29, 0.717) is 19.4 Å². The molecule has 0 saturated carbocycles. The van der Waals surface area contributed by atoms with Gasteiger partial charge in [0.25, 0.3) is 0 Å². The van der Waals surface area contributed by atoms with E-state index in [0.717, 1.165) is 0 Å². The molecule has 0 radical (unpaired) electrons. The molecule has 1 amide bonds. The Morgan fingerprint density at radius 2 is 2.43 bits per heavy atom. The van der Waals surface area contributed by atoms with Crippen LogP contribution in [0.4, 0.5) is 0 Å². The predicted molar refractivity (Wildman–Crippen MR) is 55.4 cm³/mol. The first-order valence-electron chi connectivity index (χ1n) is 4.74.